The summed E-state index contributed by atoms with van der Waals surface area (Å²) in [4.78, 5) is 22.5. The molecule has 21 heavy (non-hydrogen) atoms. The van der Waals surface area contributed by atoms with Gasteiger partial charge in [-0.15, -0.1) is 0 Å². The molecule has 106 valence electrons. The average Bonchev–Trinajstić information content (AvgIpc) is 2.48. The second kappa shape index (κ2) is 6.67. The van der Waals surface area contributed by atoms with Gasteiger partial charge in [-0.2, -0.15) is 5.10 Å². The molecule has 2 rings (SSSR count). The van der Waals surface area contributed by atoms with Crippen LogP contribution in [0.3, 0.4) is 0 Å². The molecule has 0 radical (unpaired) electrons. The molecule has 0 saturated carbocycles. The zero-order valence-electron chi connectivity index (χ0n) is 10.8. The van der Waals surface area contributed by atoms with E-state index in [2.05, 4.69) is 10.5 Å². The van der Waals surface area contributed by atoms with Crippen molar-refractivity contribution in [3.63, 3.8) is 0 Å². The van der Waals surface area contributed by atoms with Crippen LogP contribution in [0.25, 0.3) is 0 Å². The first-order chi connectivity index (χ1) is 10.1. The fourth-order valence-electron chi connectivity index (χ4n) is 1.58. The number of amides is 1. The summed E-state index contributed by atoms with van der Waals surface area (Å²) in [6.07, 6.45) is 1.42. The Hall–Kier alpha value is -2.66. The standard InChI is InChI=1S/C15H11ClN2O3/c16-13-4-2-1-3-12(13)14(19)18-17-9-10-5-7-11(8-6-10)15(20)21/h1-9H,(H,18,19)(H,20,21). The van der Waals surface area contributed by atoms with Gasteiger partial charge in [0.15, 0.2) is 0 Å². The molecule has 0 aliphatic rings. The van der Waals surface area contributed by atoms with Crippen molar-refractivity contribution < 1.29 is 14.7 Å². The van der Waals surface area contributed by atoms with Crippen LogP contribution >= 0.6 is 11.6 Å². The second-order valence-electron chi connectivity index (χ2n) is 4.11. The maximum atomic E-state index is 11.8. The zero-order valence-corrected chi connectivity index (χ0v) is 11.5. The van der Waals surface area contributed by atoms with Crippen LogP contribution in [0.1, 0.15) is 26.3 Å². The molecule has 0 aliphatic heterocycles. The van der Waals surface area contributed by atoms with Crippen molar-refractivity contribution in [2.75, 3.05) is 0 Å². The van der Waals surface area contributed by atoms with Crippen LogP contribution < -0.4 is 5.43 Å². The molecule has 2 aromatic carbocycles. The fourth-order valence-corrected chi connectivity index (χ4v) is 1.80. The number of rotatable bonds is 4. The number of halogens is 1. The van der Waals surface area contributed by atoms with Crippen LogP contribution in [-0.2, 0) is 0 Å². The van der Waals surface area contributed by atoms with Gasteiger partial charge in [-0.05, 0) is 29.8 Å². The monoisotopic (exact) mass is 302 g/mol. The number of carboxylic acid groups (broad SMARTS) is 1. The number of benzene rings is 2. The summed E-state index contributed by atoms with van der Waals surface area (Å²) in [6.45, 7) is 0. The Kier molecular flexibility index (Phi) is 4.68. The van der Waals surface area contributed by atoms with Gasteiger partial charge in [0.1, 0.15) is 0 Å². The smallest absolute Gasteiger partial charge is 0.335 e. The van der Waals surface area contributed by atoms with Gasteiger partial charge in [0.05, 0.1) is 22.4 Å². The molecule has 0 bridgehead atoms. The van der Waals surface area contributed by atoms with Crippen LogP contribution in [0, 0.1) is 0 Å². The molecule has 0 unspecified atom stereocenters. The van der Waals surface area contributed by atoms with E-state index in [4.69, 9.17) is 16.7 Å². The second-order valence-corrected chi connectivity index (χ2v) is 4.51. The van der Waals surface area contributed by atoms with Gasteiger partial charge >= 0.3 is 5.97 Å². The Morgan fingerprint density at radius 2 is 1.76 bits per heavy atom. The lowest BCUT2D eigenvalue weighted by Gasteiger charge is -2.01. The highest BCUT2D eigenvalue weighted by molar-refractivity contribution is 6.33. The Morgan fingerprint density at radius 3 is 2.38 bits per heavy atom. The van der Waals surface area contributed by atoms with E-state index in [1.165, 1.54) is 18.3 Å². The number of carboxylic acids is 1. The lowest BCUT2D eigenvalue weighted by molar-refractivity contribution is 0.0696. The minimum Gasteiger partial charge on any atom is -0.478 e. The number of aromatic carboxylic acids is 1. The number of carbonyl (C=O) groups excluding carboxylic acids is 1. The minimum atomic E-state index is -0.995. The summed E-state index contributed by atoms with van der Waals surface area (Å²) < 4.78 is 0. The van der Waals surface area contributed by atoms with E-state index in [1.54, 1.807) is 36.4 Å². The Labute approximate surface area is 125 Å². The van der Waals surface area contributed by atoms with E-state index < -0.39 is 11.9 Å². The van der Waals surface area contributed by atoms with Crippen molar-refractivity contribution in [2.24, 2.45) is 5.10 Å². The molecule has 0 aromatic heterocycles. The third-order valence-electron chi connectivity index (χ3n) is 2.66. The van der Waals surface area contributed by atoms with Gasteiger partial charge in [0.25, 0.3) is 5.91 Å². The third kappa shape index (κ3) is 3.90. The largest absolute Gasteiger partial charge is 0.478 e. The van der Waals surface area contributed by atoms with E-state index in [-0.39, 0.29) is 5.56 Å². The number of hydrogen-bond donors (Lipinski definition) is 2. The van der Waals surface area contributed by atoms with Crippen molar-refractivity contribution in [2.45, 2.75) is 0 Å². The number of hydrazone groups is 1. The first kappa shape index (κ1) is 14.7. The predicted octanol–water partition coefficient (Wildman–Crippen LogP) is 2.80. The number of nitrogens with one attached hydrogen (secondary N) is 1. The minimum absolute atomic E-state index is 0.187. The number of nitrogens with zero attached hydrogens (tertiary/aromatic N) is 1. The molecule has 6 heteroatoms. The van der Waals surface area contributed by atoms with Gasteiger partial charge in [0.2, 0.25) is 0 Å². The predicted molar refractivity (Wildman–Crippen MR) is 79.9 cm³/mol. The third-order valence-corrected chi connectivity index (χ3v) is 2.99. The van der Waals surface area contributed by atoms with Gasteiger partial charge in [-0.3, -0.25) is 4.79 Å². The van der Waals surface area contributed by atoms with Crippen LogP contribution in [0.5, 0.6) is 0 Å². The van der Waals surface area contributed by atoms with Gasteiger partial charge in [-0.25, -0.2) is 10.2 Å². The van der Waals surface area contributed by atoms with E-state index >= 15 is 0 Å². The Morgan fingerprint density at radius 1 is 1.10 bits per heavy atom. The highest BCUT2D eigenvalue weighted by Gasteiger charge is 2.07. The van der Waals surface area contributed by atoms with Crippen molar-refractivity contribution in [1.29, 1.82) is 0 Å². The average molecular weight is 303 g/mol. The molecule has 0 fully saturated rings. The van der Waals surface area contributed by atoms with Crippen molar-refractivity contribution >= 4 is 29.7 Å². The maximum Gasteiger partial charge on any atom is 0.335 e. The van der Waals surface area contributed by atoms with E-state index in [0.29, 0.717) is 16.1 Å². The fraction of sp³-hybridized carbons (Fsp3) is 0. The quantitative estimate of drug-likeness (QED) is 0.673. The molecular weight excluding hydrogens is 292 g/mol. The highest BCUT2D eigenvalue weighted by Crippen LogP contribution is 2.14. The molecule has 0 heterocycles. The van der Waals surface area contributed by atoms with E-state index in [1.807, 2.05) is 0 Å². The normalized spacial score (nSPS) is 10.5. The van der Waals surface area contributed by atoms with Crippen LogP contribution in [0.2, 0.25) is 5.02 Å². The lowest BCUT2D eigenvalue weighted by Crippen LogP contribution is -2.17. The van der Waals surface area contributed by atoms with Gasteiger partial charge in [0, 0.05) is 0 Å². The van der Waals surface area contributed by atoms with Crippen LogP contribution in [0.4, 0.5) is 0 Å². The van der Waals surface area contributed by atoms with E-state index in [9.17, 15) is 9.59 Å². The SMILES string of the molecule is O=C(O)c1ccc(C=NNC(=O)c2ccccc2Cl)cc1. The van der Waals surface area contributed by atoms with Gasteiger partial charge in [-0.1, -0.05) is 35.9 Å². The zero-order chi connectivity index (χ0) is 15.2. The van der Waals surface area contributed by atoms with Gasteiger partial charge < -0.3 is 5.11 Å². The summed E-state index contributed by atoms with van der Waals surface area (Å²) in [6, 6.07) is 12.7. The molecule has 0 saturated heterocycles. The number of hydrogen-bond acceptors (Lipinski definition) is 3. The summed E-state index contributed by atoms with van der Waals surface area (Å²) in [5.74, 6) is -1.41. The molecule has 0 aliphatic carbocycles. The van der Waals surface area contributed by atoms with Crippen molar-refractivity contribution in [1.82, 2.24) is 5.43 Å². The molecule has 2 aromatic rings. The highest BCUT2D eigenvalue weighted by atomic mass is 35.5. The van der Waals surface area contributed by atoms with E-state index in [0.717, 1.165) is 0 Å². The molecule has 1 amide bonds. The Bertz CT molecular complexity index is 696. The molecule has 2 N–H and O–H groups in total. The lowest BCUT2D eigenvalue weighted by atomic mass is 10.1. The topological polar surface area (TPSA) is 78.8 Å². The Balaban J connectivity index is 2.01. The number of carbonyl (C=O) groups is 2. The molecular formula is C15H11ClN2O3. The first-order valence-electron chi connectivity index (χ1n) is 5.99. The maximum absolute atomic E-state index is 11.8. The van der Waals surface area contributed by atoms with Crippen LogP contribution in [0.15, 0.2) is 53.6 Å². The summed E-state index contributed by atoms with van der Waals surface area (Å²) in [5, 5.41) is 12.9. The summed E-state index contributed by atoms with van der Waals surface area (Å²) in [7, 11) is 0. The van der Waals surface area contributed by atoms with Crippen LogP contribution in [-0.4, -0.2) is 23.2 Å². The van der Waals surface area contributed by atoms with Crippen molar-refractivity contribution in [3.8, 4) is 0 Å². The first-order valence-corrected chi connectivity index (χ1v) is 6.37. The molecule has 0 atom stereocenters. The molecule has 5 nitrogen and oxygen atoms in total. The van der Waals surface area contributed by atoms with Crippen molar-refractivity contribution in [3.05, 3.63) is 70.2 Å². The summed E-state index contributed by atoms with van der Waals surface area (Å²) in [5.41, 5.74) is 3.54. The molecule has 0 spiro atoms. The summed E-state index contributed by atoms with van der Waals surface area (Å²) >= 11 is 5.89.